The number of sulfonamides is 1. The van der Waals surface area contributed by atoms with Gasteiger partial charge in [0.2, 0.25) is 10.0 Å². The Kier molecular flexibility index (Phi) is 4.57. The van der Waals surface area contributed by atoms with Crippen LogP contribution < -0.4 is 9.62 Å². The van der Waals surface area contributed by atoms with E-state index in [1.807, 2.05) is 31.2 Å². The Morgan fingerprint density at radius 3 is 2.67 bits per heavy atom. The second kappa shape index (κ2) is 6.65. The maximum absolute atomic E-state index is 12.4. The number of anilines is 1. The molecule has 1 heterocycles. The lowest BCUT2D eigenvalue weighted by molar-refractivity contribution is 0.0951. The minimum atomic E-state index is -3.24. The first kappa shape index (κ1) is 16.5. The lowest BCUT2D eigenvalue weighted by Gasteiger charge is -2.17. The van der Waals surface area contributed by atoms with E-state index in [9.17, 15) is 13.2 Å². The molecule has 0 bridgehead atoms. The molecule has 24 heavy (non-hydrogen) atoms. The van der Waals surface area contributed by atoms with Gasteiger partial charge < -0.3 is 5.32 Å². The molecule has 0 atom stereocenters. The highest BCUT2D eigenvalue weighted by molar-refractivity contribution is 7.93. The zero-order valence-corrected chi connectivity index (χ0v) is 14.3. The summed E-state index contributed by atoms with van der Waals surface area (Å²) in [6, 6.07) is 14.7. The van der Waals surface area contributed by atoms with Gasteiger partial charge in [0.15, 0.2) is 0 Å². The molecule has 1 aliphatic heterocycles. The number of amides is 1. The molecule has 0 saturated carbocycles. The van der Waals surface area contributed by atoms with Crippen molar-refractivity contribution in [3.8, 4) is 0 Å². The van der Waals surface area contributed by atoms with E-state index >= 15 is 0 Å². The molecule has 1 saturated heterocycles. The topological polar surface area (TPSA) is 66.5 Å². The van der Waals surface area contributed by atoms with Gasteiger partial charge in [-0.15, -0.1) is 0 Å². The predicted octanol–water partition coefficient (Wildman–Crippen LogP) is 2.46. The molecule has 1 fully saturated rings. The summed E-state index contributed by atoms with van der Waals surface area (Å²) in [4.78, 5) is 12.4. The third-order valence-corrected chi connectivity index (χ3v) is 5.90. The summed E-state index contributed by atoms with van der Waals surface area (Å²) >= 11 is 0. The number of benzene rings is 2. The van der Waals surface area contributed by atoms with Crippen LogP contribution in [0.5, 0.6) is 0 Å². The van der Waals surface area contributed by atoms with Gasteiger partial charge in [-0.3, -0.25) is 9.10 Å². The number of nitrogens with one attached hydrogen (secondary N) is 1. The van der Waals surface area contributed by atoms with Gasteiger partial charge in [0.05, 0.1) is 11.4 Å². The molecule has 6 heteroatoms. The number of rotatable bonds is 4. The standard InChI is InChI=1S/C18H20N2O3S/c1-14-5-2-6-15(11-14)13-19-18(21)16-7-3-8-17(12-16)20-9-4-10-24(20,22)23/h2-3,5-8,11-12H,4,9-10,13H2,1H3,(H,19,21). The van der Waals surface area contributed by atoms with Gasteiger partial charge in [0.1, 0.15) is 0 Å². The normalized spacial score (nSPS) is 16.1. The molecule has 1 amide bonds. The number of carbonyl (C=O) groups excluding carboxylic acids is 1. The maximum Gasteiger partial charge on any atom is 0.251 e. The molecular weight excluding hydrogens is 324 g/mol. The molecule has 126 valence electrons. The Bertz CT molecular complexity index is 862. The van der Waals surface area contributed by atoms with Crippen LogP contribution in [0.2, 0.25) is 0 Å². The summed E-state index contributed by atoms with van der Waals surface area (Å²) in [6.07, 6.45) is 0.617. The molecule has 1 N–H and O–H groups in total. The van der Waals surface area contributed by atoms with Crippen molar-refractivity contribution in [2.45, 2.75) is 19.9 Å². The maximum atomic E-state index is 12.4. The second-order valence-electron chi connectivity index (χ2n) is 5.96. The van der Waals surface area contributed by atoms with E-state index < -0.39 is 10.0 Å². The number of hydrogen-bond donors (Lipinski definition) is 1. The molecule has 2 aromatic rings. The van der Waals surface area contributed by atoms with Gasteiger partial charge in [-0.05, 0) is 37.1 Å². The molecule has 3 rings (SSSR count). The molecule has 1 aliphatic rings. The monoisotopic (exact) mass is 344 g/mol. The minimum absolute atomic E-state index is 0.163. The van der Waals surface area contributed by atoms with E-state index in [4.69, 9.17) is 0 Å². The molecule has 0 spiro atoms. The van der Waals surface area contributed by atoms with Gasteiger partial charge in [-0.25, -0.2) is 8.42 Å². The Labute approximate surface area is 142 Å². The molecule has 0 aromatic heterocycles. The van der Waals surface area contributed by atoms with Crippen LogP contribution in [0.4, 0.5) is 5.69 Å². The van der Waals surface area contributed by atoms with Gasteiger partial charge >= 0.3 is 0 Å². The Morgan fingerprint density at radius 1 is 1.17 bits per heavy atom. The zero-order valence-electron chi connectivity index (χ0n) is 13.5. The molecule has 2 aromatic carbocycles. The van der Waals surface area contributed by atoms with Crippen LogP contribution in [0.25, 0.3) is 0 Å². The Morgan fingerprint density at radius 2 is 1.96 bits per heavy atom. The number of aryl methyl sites for hydroxylation is 1. The summed E-state index contributed by atoms with van der Waals surface area (Å²) in [5.41, 5.74) is 3.18. The van der Waals surface area contributed by atoms with Crippen molar-refractivity contribution in [1.82, 2.24) is 5.32 Å². The summed E-state index contributed by atoms with van der Waals surface area (Å²) in [6.45, 7) is 2.91. The number of hydrogen-bond acceptors (Lipinski definition) is 3. The van der Waals surface area contributed by atoms with Crippen molar-refractivity contribution >= 4 is 21.6 Å². The zero-order chi connectivity index (χ0) is 17.2. The smallest absolute Gasteiger partial charge is 0.251 e. The van der Waals surface area contributed by atoms with Crippen LogP contribution in [-0.2, 0) is 16.6 Å². The third-order valence-electron chi connectivity index (χ3n) is 4.03. The fourth-order valence-electron chi connectivity index (χ4n) is 2.84. The highest BCUT2D eigenvalue weighted by Gasteiger charge is 2.28. The Hall–Kier alpha value is -2.34. The number of carbonyl (C=O) groups is 1. The third kappa shape index (κ3) is 3.59. The lowest BCUT2D eigenvalue weighted by Crippen LogP contribution is -2.26. The summed E-state index contributed by atoms with van der Waals surface area (Å²) in [5.74, 6) is -0.0495. The van der Waals surface area contributed by atoms with Gasteiger partial charge in [-0.1, -0.05) is 35.9 Å². The fraction of sp³-hybridized carbons (Fsp3) is 0.278. The van der Waals surface area contributed by atoms with E-state index in [0.29, 0.717) is 30.8 Å². The van der Waals surface area contributed by atoms with E-state index in [2.05, 4.69) is 5.32 Å². The van der Waals surface area contributed by atoms with Crippen molar-refractivity contribution in [2.24, 2.45) is 0 Å². The van der Waals surface area contributed by atoms with Gasteiger partial charge in [-0.2, -0.15) is 0 Å². The Balaban J connectivity index is 1.73. The van der Waals surface area contributed by atoms with Crippen LogP contribution in [0.3, 0.4) is 0 Å². The lowest BCUT2D eigenvalue weighted by atomic mass is 10.1. The molecule has 0 unspecified atom stereocenters. The van der Waals surface area contributed by atoms with Crippen LogP contribution in [-0.4, -0.2) is 26.6 Å². The highest BCUT2D eigenvalue weighted by Crippen LogP contribution is 2.24. The first-order valence-electron chi connectivity index (χ1n) is 7.90. The van der Waals surface area contributed by atoms with Crippen LogP contribution in [0.15, 0.2) is 48.5 Å². The van der Waals surface area contributed by atoms with E-state index in [-0.39, 0.29) is 11.7 Å². The SMILES string of the molecule is Cc1cccc(CNC(=O)c2cccc(N3CCCS3(=O)=O)c2)c1. The average Bonchev–Trinajstić information content (AvgIpc) is 2.92. The van der Waals surface area contributed by atoms with Gasteiger partial charge in [0.25, 0.3) is 5.91 Å². The predicted molar refractivity (Wildman–Crippen MR) is 94.5 cm³/mol. The first-order chi connectivity index (χ1) is 11.5. The summed E-state index contributed by atoms with van der Waals surface area (Å²) in [5, 5.41) is 2.87. The molecule has 0 radical (unpaired) electrons. The van der Waals surface area contributed by atoms with E-state index in [1.165, 1.54) is 4.31 Å². The van der Waals surface area contributed by atoms with Crippen LogP contribution in [0.1, 0.15) is 27.9 Å². The largest absolute Gasteiger partial charge is 0.348 e. The van der Waals surface area contributed by atoms with E-state index in [0.717, 1.165) is 11.1 Å². The van der Waals surface area contributed by atoms with Crippen molar-refractivity contribution in [1.29, 1.82) is 0 Å². The molecular formula is C18H20N2O3S. The van der Waals surface area contributed by atoms with Crippen molar-refractivity contribution < 1.29 is 13.2 Å². The van der Waals surface area contributed by atoms with Crippen molar-refractivity contribution in [3.05, 3.63) is 65.2 Å². The summed E-state index contributed by atoms with van der Waals surface area (Å²) in [7, 11) is -3.24. The number of nitrogens with zero attached hydrogens (tertiary/aromatic N) is 1. The quantitative estimate of drug-likeness (QED) is 0.926. The van der Waals surface area contributed by atoms with E-state index in [1.54, 1.807) is 24.3 Å². The second-order valence-corrected chi connectivity index (χ2v) is 7.98. The highest BCUT2D eigenvalue weighted by atomic mass is 32.2. The van der Waals surface area contributed by atoms with Crippen LogP contribution >= 0.6 is 0 Å². The van der Waals surface area contributed by atoms with Crippen molar-refractivity contribution in [3.63, 3.8) is 0 Å². The average molecular weight is 344 g/mol. The molecule has 5 nitrogen and oxygen atoms in total. The summed E-state index contributed by atoms with van der Waals surface area (Å²) < 4.78 is 25.4. The minimum Gasteiger partial charge on any atom is -0.348 e. The fourth-order valence-corrected chi connectivity index (χ4v) is 4.39. The van der Waals surface area contributed by atoms with Crippen LogP contribution in [0, 0.1) is 6.92 Å². The first-order valence-corrected chi connectivity index (χ1v) is 9.51. The van der Waals surface area contributed by atoms with Gasteiger partial charge in [0, 0.05) is 18.7 Å². The van der Waals surface area contributed by atoms with Crippen molar-refractivity contribution in [2.75, 3.05) is 16.6 Å². The molecule has 0 aliphatic carbocycles.